The zero-order valence-corrected chi connectivity index (χ0v) is 13.0. The minimum absolute atomic E-state index is 0.537. The fourth-order valence-electron chi connectivity index (χ4n) is 2.10. The van der Waals surface area contributed by atoms with Crippen molar-refractivity contribution < 1.29 is 4.74 Å². The van der Waals surface area contributed by atoms with Crippen molar-refractivity contribution in [3.05, 3.63) is 48.0 Å². The Hall–Kier alpha value is -2.16. The number of para-hydroxylation sites is 1. The van der Waals surface area contributed by atoms with Gasteiger partial charge in [-0.15, -0.1) is 0 Å². The number of hydrogen-bond acceptors (Lipinski definition) is 3. The Kier molecular flexibility index (Phi) is 5.09. The maximum absolute atomic E-state index is 6.16. The van der Waals surface area contributed by atoms with E-state index in [9.17, 15) is 0 Å². The van der Waals surface area contributed by atoms with E-state index in [1.165, 1.54) is 5.56 Å². The lowest BCUT2D eigenvalue weighted by Gasteiger charge is -2.14. The minimum Gasteiger partial charge on any atom is -0.491 e. The van der Waals surface area contributed by atoms with Crippen molar-refractivity contribution >= 4 is 17.1 Å². The van der Waals surface area contributed by atoms with Gasteiger partial charge in [0.25, 0.3) is 0 Å². The Labute approximate surface area is 127 Å². The van der Waals surface area contributed by atoms with Gasteiger partial charge in [0.15, 0.2) is 0 Å². The van der Waals surface area contributed by atoms with Gasteiger partial charge in [0, 0.05) is 5.69 Å². The van der Waals surface area contributed by atoms with Gasteiger partial charge < -0.3 is 15.8 Å². The zero-order chi connectivity index (χ0) is 15.2. The average molecular weight is 284 g/mol. The van der Waals surface area contributed by atoms with Crippen molar-refractivity contribution in [2.24, 2.45) is 0 Å². The summed E-state index contributed by atoms with van der Waals surface area (Å²) in [5.74, 6) is 1.27. The second-order valence-corrected chi connectivity index (χ2v) is 5.47. The normalized spacial score (nSPS) is 10.7. The first kappa shape index (κ1) is 15.2. The van der Waals surface area contributed by atoms with E-state index in [1.54, 1.807) is 0 Å². The number of nitrogens with two attached hydrogens (primary N) is 1. The molecule has 0 saturated carbocycles. The largest absolute Gasteiger partial charge is 0.491 e. The minimum atomic E-state index is 0.537. The van der Waals surface area contributed by atoms with Gasteiger partial charge in [-0.2, -0.15) is 0 Å². The van der Waals surface area contributed by atoms with E-state index in [4.69, 9.17) is 10.5 Å². The van der Waals surface area contributed by atoms with Crippen LogP contribution in [-0.2, 0) is 0 Å². The second-order valence-electron chi connectivity index (χ2n) is 5.47. The van der Waals surface area contributed by atoms with Crippen molar-refractivity contribution in [3.63, 3.8) is 0 Å². The summed E-state index contributed by atoms with van der Waals surface area (Å²) in [7, 11) is 0. The quantitative estimate of drug-likeness (QED) is 0.740. The second kappa shape index (κ2) is 7.02. The molecule has 0 aliphatic carbocycles. The number of benzene rings is 2. The van der Waals surface area contributed by atoms with Gasteiger partial charge in [-0.3, -0.25) is 0 Å². The average Bonchev–Trinajstić information content (AvgIpc) is 2.49. The molecule has 0 fully saturated rings. The number of nitrogen functional groups attached to an aromatic ring is 1. The van der Waals surface area contributed by atoms with Crippen molar-refractivity contribution in [1.82, 2.24) is 0 Å². The van der Waals surface area contributed by atoms with Gasteiger partial charge in [0.05, 0.1) is 18.0 Å². The molecular weight excluding hydrogens is 260 g/mol. The lowest BCUT2D eigenvalue weighted by Crippen LogP contribution is -2.02. The standard InChI is InChI=1S/C18H24N2O/c1-4-12-21-17-7-5-6-16(18(17)19)20-15-10-8-14(9-11-15)13(2)3/h5-11,13,20H,4,12,19H2,1-3H3. The highest BCUT2D eigenvalue weighted by Crippen LogP contribution is 2.32. The summed E-state index contributed by atoms with van der Waals surface area (Å²) in [5, 5.41) is 3.35. The third kappa shape index (κ3) is 3.91. The summed E-state index contributed by atoms with van der Waals surface area (Å²) in [5.41, 5.74) is 10.0. The van der Waals surface area contributed by atoms with Crippen LogP contribution in [0.25, 0.3) is 0 Å². The molecule has 3 heteroatoms. The van der Waals surface area contributed by atoms with E-state index in [2.05, 4.69) is 50.4 Å². The van der Waals surface area contributed by atoms with Gasteiger partial charge in [-0.05, 0) is 42.2 Å². The fourth-order valence-corrected chi connectivity index (χ4v) is 2.10. The number of rotatable bonds is 6. The molecule has 0 amide bonds. The van der Waals surface area contributed by atoms with Crippen LogP contribution in [0.15, 0.2) is 42.5 Å². The highest BCUT2D eigenvalue weighted by molar-refractivity contribution is 5.77. The molecule has 3 N–H and O–H groups in total. The summed E-state index contributed by atoms with van der Waals surface area (Å²) in [6, 6.07) is 14.2. The molecular formula is C18H24N2O. The number of ether oxygens (including phenoxy) is 1. The molecule has 0 radical (unpaired) electrons. The first-order chi connectivity index (χ1) is 10.1. The number of hydrogen-bond donors (Lipinski definition) is 2. The van der Waals surface area contributed by atoms with Gasteiger partial charge in [0.1, 0.15) is 5.75 Å². The lowest BCUT2D eigenvalue weighted by molar-refractivity contribution is 0.319. The Morgan fingerprint density at radius 2 is 1.81 bits per heavy atom. The van der Waals surface area contributed by atoms with Gasteiger partial charge in [-0.1, -0.05) is 39.0 Å². The lowest BCUT2D eigenvalue weighted by atomic mass is 10.0. The Morgan fingerprint density at radius 1 is 1.10 bits per heavy atom. The maximum Gasteiger partial charge on any atom is 0.144 e. The van der Waals surface area contributed by atoms with Crippen LogP contribution in [0, 0.1) is 0 Å². The molecule has 112 valence electrons. The summed E-state index contributed by atoms with van der Waals surface area (Å²) in [6.45, 7) is 7.13. The maximum atomic E-state index is 6.16. The Morgan fingerprint density at radius 3 is 2.43 bits per heavy atom. The molecule has 0 aromatic heterocycles. The van der Waals surface area contributed by atoms with Crippen molar-refractivity contribution in [2.45, 2.75) is 33.1 Å². The van der Waals surface area contributed by atoms with E-state index in [0.29, 0.717) is 18.2 Å². The van der Waals surface area contributed by atoms with Crippen molar-refractivity contribution in [1.29, 1.82) is 0 Å². The Bertz CT molecular complexity index is 576. The number of anilines is 3. The third-order valence-corrected chi connectivity index (χ3v) is 3.38. The topological polar surface area (TPSA) is 47.3 Å². The molecule has 0 spiro atoms. The molecule has 0 heterocycles. The van der Waals surface area contributed by atoms with E-state index in [1.807, 2.05) is 18.2 Å². The van der Waals surface area contributed by atoms with Gasteiger partial charge >= 0.3 is 0 Å². The monoisotopic (exact) mass is 284 g/mol. The smallest absolute Gasteiger partial charge is 0.144 e. The van der Waals surface area contributed by atoms with Crippen LogP contribution < -0.4 is 15.8 Å². The van der Waals surface area contributed by atoms with E-state index >= 15 is 0 Å². The van der Waals surface area contributed by atoms with Gasteiger partial charge in [-0.25, -0.2) is 0 Å². The molecule has 3 nitrogen and oxygen atoms in total. The van der Waals surface area contributed by atoms with E-state index in [-0.39, 0.29) is 0 Å². The number of nitrogens with one attached hydrogen (secondary N) is 1. The summed E-state index contributed by atoms with van der Waals surface area (Å²) in [6.07, 6.45) is 0.966. The molecule has 0 aliphatic heterocycles. The molecule has 0 aliphatic rings. The highest BCUT2D eigenvalue weighted by atomic mass is 16.5. The van der Waals surface area contributed by atoms with Crippen molar-refractivity contribution in [2.75, 3.05) is 17.7 Å². The molecule has 0 atom stereocenters. The van der Waals surface area contributed by atoms with Crippen LogP contribution in [0.5, 0.6) is 5.75 Å². The first-order valence-electron chi connectivity index (χ1n) is 7.50. The fraction of sp³-hybridized carbons (Fsp3) is 0.333. The predicted octanol–water partition coefficient (Wildman–Crippen LogP) is 4.92. The molecule has 0 unspecified atom stereocenters. The predicted molar refractivity (Wildman–Crippen MR) is 90.5 cm³/mol. The van der Waals surface area contributed by atoms with Gasteiger partial charge in [0.2, 0.25) is 0 Å². The Balaban J connectivity index is 2.15. The zero-order valence-electron chi connectivity index (χ0n) is 13.0. The molecule has 2 rings (SSSR count). The summed E-state index contributed by atoms with van der Waals surface area (Å²) in [4.78, 5) is 0. The summed E-state index contributed by atoms with van der Waals surface area (Å²) < 4.78 is 5.65. The van der Waals surface area contributed by atoms with Crippen LogP contribution in [0.3, 0.4) is 0 Å². The highest BCUT2D eigenvalue weighted by Gasteiger charge is 2.06. The first-order valence-corrected chi connectivity index (χ1v) is 7.50. The summed E-state index contributed by atoms with van der Waals surface area (Å²) >= 11 is 0. The van der Waals surface area contributed by atoms with Crippen LogP contribution in [0.2, 0.25) is 0 Å². The molecule has 0 bridgehead atoms. The third-order valence-electron chi connectivity index (χ3n) is 3.38. The molecule has 2 aromatic carbocycles. The van der Waals surface area contributed by atoms with Crippen LogP contribution in [-0.4, -0.2) is 6.61 Å². The molecule has 21 heavy (non-hydrogen) atoms. The van der Waals surface area contributed by atoms with E-state index in [0.717, 1.165) is 23.5 Å². The molecule has 0 saturated heterocycles. The van der Waals surface area contributed by atoms with Crippen LogP contribution in [0.4, 0.5) is 17.1 Å². The van der Waals surface area contributed by atoms with Crippen LogP contribution in [0.1, 0.15) is 38.7 Å². The molecule has 2 aromatic rings. The SMILES string of the molecule is CCCOc1cccc(Nc2ccc(C(C)C)cc2)c1N. The van der Waals surface area contributed by atoms with Crippen molar-refractivity contribution in [3.8, 4) is 5.75 Å². The van der Waals surface area contributed by atoms with Crippen LogP contribution >= 0.6 is 0 Å². The van der Waals surface area contributed by atoms with E-state index < -0.39 is 0 Å².